The summed E-state index contributed by atoms with van der Waals surface area (Å²) < 4.78 is 0. The van der Waals surface area contributed by atoms with E-state index in [1.165, 1.54) is 12.0 Å². The van der Waals surface area contributed by atoms with Crippen molar-refractivity contribution in [2.75, 3.05) is 24.6 Å². The summed E-state index contributed by atoms with van der Waals surface area (Å²) in [4.78, 5) is 6.72. The molecule has 0 aliphatic carbocycles. The van der Waals surface area contributed by atoms with Crippen LogP contribution in [0.4, 0.5) is 5.82 Å². The van der Waals surface area contributed by atoms with Gasteiger partial charge in [0.15, 0.2) is 0 Å². The van der Waals surface area contributed by atoms with Crippen LogP contribution < -0.4 is 4.90 Å². The molecule has 2 heterocycles. The van der Waals surface area contributed by atoms with Crippen molar-refractivity contribution in [3.05, 3.63) is 23.9 Å². The SMILES string of the molecule is Cc1ccc(N2CC[C@H](CCO)C2)nc1. The molecule has 0 bridgehead atoms. The van der Waals surface area contributed by atoms with Crippen molar-refractivity contribution in [3.63, 3.8) is 0 Å². The lowest BCUT2D eigenvalue weighted by Crippen LogP contribution is -2.20. The summed E-state index contributed by atoms with van der Waals surface area (Å²) in [6, 6.07) is 4.18. The number of rotatable bonds is 3. The number of aryl methyl sites for hydroxylation is 1. The maximum atomic E-state index is 8.89. The van der Waals surface area contributed by atoms with Gasteiger partial charge in [-0.05, 0) is 37.3 Å². The summed E-state index contributed by atoms with van der Waals surface area (Å²) in [5.74, 6) is 1.71. The van der Waals surface area contributed by atoms with Gasteiger partial charge in [0, 0.05) is 25.9 Å². The average Bonchev–Trinajstić information content (AvgIpc) is 2.68. The van der Waals surface area contributed by atoms with E-state index in [0.717, 1.165) is 25.3 Å². The molecule has 1 aromatic heterocycles. The van der Waals surface area contributed by atoms with Crippen LogP contribution in [0.3, 0.4) is 0 Å². The van der Waals surface area contributed by atoms with E-state index in [-0.39, 0.29) is 0 Å². The first-order chi connectivity index (χ1) is 7.29. The first-order valence-corrected chi connectivity index (χ1v) is 5.58. The molecule has 1 aromatic rings. The smallest absolute Gasteiger partial charge is 0.128 e. The molecule has 1 aliphatic rings. The van der Waals surface area contributed by atoms with Crippen molar-refractivity contribution in [2.24, 2.45) is 5.92 Å². The second kappa shape index (κ2) is 4.62. The third kappa shape index (κ3) is 2.48. The van der Waals surface area contributed by atoms with Gasteiger partial charge in [0.2, 0.25) is 0 Å². The standard InChI is InChI=1S/C12H18N2O/c1-10-2-3-12(13-8-10)14-6-4-11(9-14)5-7-15/h2-3,8,11,15H,4-7,9H2,1H3/t11-/m1/s1. The Kier molecular flexibility index (Phi) is 3.21. The van der Waals surface area contributed by atoms with Crippen molar-refractivity contribution in [2.45, 2.75) is 19.8 Å². The molecule has 3 heteroatoms. The fourth-order valence-corrected chi connectivity index (χ4v) is 2.11. The molecule has 1 fully saturated rings. The molecule has 0 unspecified atom stereocenters. The van der Waals surface area contributed by atoms with Crippen LogP contribution in [0, 0.1) is 12.8 Å². The Morgan fingerprint density at radius 1 is 1.53 bits per heavy atom. The highest BCUT2D eigenvalue weighted by molar-refractivity contribution is 5.40. The lowest BCUT2D eigenvalue weighted by atomic mass is 10.1. The molecule has 1 N–H and O–H groups in total. The zero-order valence-electron chi connectivity index (χ0n) is 9.19. The normalized spacial score (nSPS) is 20.9. The highest BCUT2D eigenvalue weighted by atomic mass is 16.3. The molecule has 0 amide bonds. The van der Waals surface area contributed by atoms with Crippen LogP contribution in [0.1, 0.15) is 18.4 Å². The van der Waals surface area contributed by atoms with Crippen molar-refractivity contribution in [1.82, 2.24) is 4.98 Å². The van der Waals surface area contributed by atoms with E-state index in [1.807, 2.05) is 6.20 Å². The van der Waals surface area contributed by atoms with Crippen LogP contribution in [0.5, 0.6) is 0 Å². The predicted molar refractivity (Wildman–Crippen MR) is 61.0 cm³/mol. The summed E-state index contributed by atoms with van der Waals surface area (Å²) in [5, 5.41) is 8.89. The number of aliphatic hydroxyl groups excluding tert-OH is 1. The van der Waals surface area contributed by atoms with Gasteiger partial charge in [0.1, 0.15) is 5.82 Å². The van der Waals surface area contributed by atoms with Gasteiger partial charge < -0.3 is 10.0 Å². The van der Waals surface area contributed by atoms with Crippen LogP contribution in [0.25, 0.3) is 0 Å². The summed E-state index contributed by atoms with van der Waals surface area (Å²) in [5.41, 5.74) is 1.20. The summed E-state index contributed by atoms with van der Waals surface area (Å²) in [6.45, 7) is 4.46. The van der Waals surface area contributed by atoms with Gasteiger partial charge in [0.05, 0.1) is 0 Å². The van der Waals surface area contributed by atoms with Crippen molar-refractivity contribution < 1.29 is 5.11 Å². The lowest BCUT2D eigenvalue weighted by molar-refractivity contribution is 0.263. The zero-order chi connectivity index (χ0) is 10.7. The fraction of sp³-hybridized carbons (Fsp3) is 0.583. The van der Waals surface area contributed by atoms with Gasteiger partial charge in [-0.25, -0.2) is 4.98 Å². The molecule has 1 saturated heterocycles. The Balaban J connectivity index is 1.98. The average molecular weight is 206 g/mol. The van der Waals surface area contributed by atoms with Crippen molar-refractivity contribution in [1.29, 1.82) is 0 Å². The van der Waals surface area contributed by atoms with E-state index in [0.29, 0.717) is 12.5 Å². The second-order valence-electron chi connectivity index (χ2n) is 4.31. The third-order valence-electron chi connectivity index (χ3n) is 3.04. The maximum Gasteiger partial charge on any atom is 0.128 e. The minimum absolute atomic E-state index is 0.305. The molecular weight excluding hydrogens is 188 g/mol. The Morgan fingerprint density at radius 3 is 3.07 bits per heavy atom. The molecular formula is C12H18N2O. The Morgan fingerprint density at radius 2 is 2.40 bits per heavy atom. The first kappa shape index (κ1) is 10.4. The van der Waals surface area contributed by atoms with Crippen molar-refractivity contribution in [3.8, 4) is 0 Å². The summed E-state index contributed by atoms with van der Waals surface area (Å²) >= 11 is 0. The van der Waals surface area contributed by atoms with E-state index in [9.17, 15) is 0 Å². The molecule has 3 nitrogen and oxygen atoms in total. The Bertz CT molecular complexity index is 310. The van der Waals surface area contributed by atoms with Gasteiger partial charge in [-0.2, -0.15) is 0 Å². The maximum absolute atomic E-state index is 8.89. The number of aromatic nitrogens is 1. The summed E-state index contributed by atoms with van der Waals surface area (Å²) in [6.07, 6.45) is 4.01. The molecule has 82 valence electrons. The Labute approximate surface area is 90.8 Å². The first-order valence-electron chi connectivity index (χ1n) is 5.58. The summed E-state index contributed by atoms with van der Waals surface area (Å²) in [7, 11) is 0. The van der Waals surface area contributed by atoms with Gasteiger partial charge in [-0.3, -0.25) is 0 Å². The van der Waals surface area contributed by atoms with Crippen molar-refractivity contribution >= 4 is 5.82 Å². The number of aliphatic hydroxyl groups is 1. The largest absolute Gasteiger partial charge is 0.396 e. The lowest BCUT2D eigenvalue weighted by Gasteiger charge is -2.17. The fourth-order valence-electron chi connectivity index (χ4n) is 2.11. The minimum Gasteiger partial charge on any atom is -0.396 e. The monoisotopic (exact) mass is 206 g/mol. The van der Waals surface area contributed by atoms with E-state index in [1.54, 1.807) is 0 Å². The van der Waals surface area contributed by atoms with Crippen LogP contribution in [-0.2, 0) is 0 Å². The highest BCUT2D eigenvalue weighted by Gasteiger charge is 2.22. The highest BCUT2D eigenvalue weighted by Crippen LogP contribution is 2.23. The van der Waals surface area contributed by atoms with E-state index < -0.39 is 0 Å². The zero-order valence-corrected chi connectivity index (χ0v) is 9.19. The molecule has 2 rings (SSSR count). The van der Waals surface area contributed by atoms with Gasteiger partial charge in [-0.1, -0.05) is 6.07 Å². The Hall–Kier alpha value is -1.09. The number of nitrogens with zero attached hydrogens (tertiary/aromatic N) is 2. The number of hydrogen-bond acceptors (Lipinski definition) is 3. The quantitative estimate of drug-likeness (QED) is 0.816. The molecule has 0 aromatic carbocycles. The minimum atomic E-state index is 0.305. The van der Waals surface area contributed by atoms with E-state index in [4.69, 9.17) is 5.11 Å². The van der Waals surface area contributed by atoms with Crippen LogP contribution in [0.15, 0.2) is 18.3 Å². The van der Waals surface area contributed by atoms with Gasteiger partial charge >= 0.3 is 0 Å². The molecule has 1 aliphatic heterocycles. The van der Waals surface area contributed by atoms with Gasteiger partial charge in [0.25, 0.3) is 0 Å². The topological polar surface area (TPSA) is 36.4 Å². The molecule has 15 heavy (non-hydrogen) atoms. The molecule has 0 saturated carbocycles. The van der Waals surface area contributed by atoms with E-state index >= 15 is 0 Å². The van der Waals surface area contributed by atoms with Crippen LogP contribution >= 0.6 is 0 Å². The second-order valence-corrected chi connectivity index (χ2v) is 4.31. The molecule has 0 radical (unpaired) electrons. The third-order valence-corrected chi connectivity index (χ3v) is 3.04. The number of anilines is 1. The number of pyridine rings is 1. The van der Waals surface area contributed by atoms with Crippen LogP contribution in [-0.4, -0.2) is 29.8 Å². The predicted octanol–water partition coefficient (Wildman–Crippen LogP) is 1.60. The molecule has 0 spiro atoms. The molecule has 1 atom stereocenters. The number of hydrogen-bond donors (Lipinski definition) is 1. The van der Waals surface area contributed by atoms with E-state index in [2.05, 4.69) is 28.9 Å². The van der Waals surface area contributed by atoms with Crippen LogP contribution in [0.2, 0.25) is 0 Å². The van der Waals surface area contributed by atoms with Gasteiger partial charge in [-0.15, -0.1) is 0 Å².